The van der Waals surface area contributed by atoms with Crippen molar-refractivity contribution in [3.05, 3.63) is 60.8 Å². The molecule has 0 aromatic carbocycles. The zero-order chi connectivity index (χ0) is 46.4. The number of phosphoric ester groups is 1. The van der Waals surface area contributed by atoms with E-state index in [2.05, 4.69) is 74.6 Å². The van der Waals surface area contributed by atoms with Gasteiger partial charge in [0.05, 0.1) is 6.61 Å². The van der Waals surface area contributed by atoms with Crippen molar-refractivity contribution in [3.8, 4) is 0 Å². The fourth-order valence-electron chi connectivity index (χ4n) is 6.98. The van der Waals surface area contributed by atoms with Gasteiger partial charge < -0.3 is 39.9 Å². The van der Waals surface area contributed by atoms with E-state index in [1.54, 1.807) is 0 Å². The second-order valence-corrected chi connectivity index (χ2v) is 18.0. The Morgan fingerprint density at radius 3 is 1.40 bits per heavy atom. The first-order chi connectivity index (χ1) is 30.4. The van der Waals surface area contributed by atoms with E-state index < -0.39 is 75.7 Å². The van der Waals surface area contributed by atoms with Crippen LogP contribution in [0.4, 0.5) is 0 Å². The van der Waals surface area contributed by atoms with Crippen LogP contribution in [0.1, 0.15) is 181 Å². The molecule has 0 radical (unpaired) electrons. The molecule has 0 spiro atoms. The van der Waals surface area contributed by atoms with Crippen LogP contribution in [0.25, 0.3) is 0 Å². The molecule has 364 valence electrons. The highest BCUT2D eigenvalue weighted by atomic mass is 31.2. The Labute approximate surface area is 379 Å². The minimum absolute atomic E-state index is 0.0832. The number of allylic oxidation sites excluding steroid dienone is 10. The molecule has 0 aromatic heterocycles. The molecule has 0 aliphatic heterocycles. The lowest BCUT2D eigenvalue weighted by Gasteiger charge is -2.41. The second kappa shape index (κ2) is 38.8. The maximum atomic E-state index is 12.8. The van der Waals surface area contributed by atoms with Crippen LogP contribution in [0.3, 0.4) is 0 Å². The van der Waals surface area contributed by atoms with Gasteiger partial charge in [0, 0.05) is 12.8 Å². The number of aliphatic hydroxyl groups excluding tert-OH is 5. The van der Waals surface area contributed by atoms with E-state index in [4.69, 9.17) is 18.5 Å². The van der Waals surface area contributed by atoms with Crippen molar-refractivity contribution in [3.63, 3.8) is 0 Å². The average Bonchev–Trinajstić information content (AvgIpc) is 3.26. The minimum atomic E-state index is -5.13. The summed E-state index contributed by atoms with van der Waals surface area (Å²) in [5.74, 6) is -1.12. The Kier molecular flexibility index (Phi) is 36.1. The first-order valence-corrected chi connectivity index (χ1v) is 25.6. The highest BCUT2D eigenvalue weighted by molar-refractivity contribution is 7.47. The van der Waals surface area contributed by atoms with Crippen molar-refractivity contribution in [2.24, 2.45) is 0 Å². The van der Waals surface area contributed by atoms with Gasteiger partial charge in [0.25, 0.3) is 0 Å². The zero-order valence-corrected chi connectivity index (χ0v) is 39.5. The summed E-state index contributed by atoms with van der Waals surface area (Å²) in [5.41, 5.74) is 0. The molecular weight excluding hydrogens is 828 g/mol. The third kappa shape index (κ3) is 31.2. The van der Waals surface area contributed by atoms with Crippen LogP contribution in [-0.4, -0.2) is 98.3 Å². The van der Waals surface area contributed by atoms with Gasteiger partial charge in [-0.2, -0.15) is 0 Å². The maximum Gasteiger partial charge on any atom is 0.472 e. The Morgan fingerprint density at radius 1 is 0.508 bits per heavy atom. The van der Waals surface area contributed by atoms with Crippen molar-refractivity contribution in [2.45, 2.75) is 224 Å². The molecule has 1 saturated carbocycles. The molecule has 6 atom stereocenters. The highest BCUT2D eigenvalue weighted by Crippen LogP contribution is 2.47. The number of ether oxygens (including phenoxy) is 2. The maximum absolute atomic E-state index is 12.8. The molecule has 1 fully saturated rings. The monoisotopic (exact) mass is 913 g/mol. The van der Waals surface area contributed by atoms with Crippen molar-refractivity contribution >= 4 is 19.8 Å². The molecule has 1 rings (SSSR count). The van der Waals surface area contributed by atoms with E-state index in [0.717, 1.165) is 109 Å². The molecule has 0 bridgehead atoms. The van der Waals surface area contributed by atoms with E-state index in [-0.39, 0.29) is 12.8 Å². The third-order valence-electron chi connectivity index (χ3n) is 10.8. The summed E-state index contributed by atoms with van der Waals surface area (Å²) in [6.07, 6.45) is 34.1. The molecule has 0 aromatic rings. The van der Waals surface area contributed by atoms with Crippen LogP contribution in [0.5, 0.6) is 0 Å². The van der Waals surface area contributed by atoms with Gasteiger partial charge in [0.1, 0.15) is 43.2 Å². The number of carbonyl (C=O) groups is 2. The Morgan fingerprint density at radius 2 is 0.905 bits per heavy atom. The van der Waals surface area contributed by atoms with Gasteiger partial charge in [-0.3, -0.25) is 18.6 Å². The summed E-state index contributed by atoms with van der Waals surface area (Å²) in [6, 6.07) is 0. The second-order valence-electron chi connectivity index (χ2n) is 16.6. The van der Waals surface area contributed by atoms with Gasteiger partial charge in [-0.05, 0) is 77.0 Å². The molecule has 6 N–H and O–H groups in total. The van der Waals surface area contributed by atoms with Crippen LogP contribution in [-0.2, 0) is 32.7 Å². The Hall–Kier alpha value is -2.45. The lowest BCUT2D eigenvalue weighted by molar-refractivity contribution is -0.220. The number of esters is 2. The van der Waals surface area contributed by atoms with E-state index in [1.165, 1.54) is 32.1 Å². The van der Waals surface area contributed by atoms with Crippen molar-refractivity contribution < 1.29 is 63.1 Å². The van der Waals surface area contributed by atoms with E-state index in [0.29, 0.717) is 12.8 Å². The molecule has 0 heterocycles. The molecule has 1 aliphatic rings. The van der Waals surface area contributed by atoms with Crippen LogP contribution in [0.15, 0.2) is 60.8 Å². The fourth-order valence-corrected chi connectivity index (χ4v) is 7.95. The summed E-state index contributed by atoms with van der Waals surface area (Å²) in [6.45, 7) is 3.16. The zero-order valence-electron chi connectivity index (χ0n) is 38.6. The van der Waals surface area contributed by atoms with E-state index in [1.807, 2.05) is 0 Å². The molecule has 1 aliphatic carbocycles. The molecule has 63 heavy (non-hydrogen) atoms. The van der Waals surface area contributed by atoms with Crippen LogP contribution in [0, 0.1) is 0 Å². The van der Waals surface area contributed by atoms with E-state index >= 15 is 0 Å². The molecular formula is C49H85O13P. The summed E-state index contributed by atoms with van der Waals surface area (Å²) in [7, 11) is -5.13. The predicted octanol–water partition coefficient (Wildman–Crippen LogP) is 9.73. The van der Waals surface area contributed by atoms with Gasteiger partial charge in [-0.25, -0.2) is 4.57 Å². The normalized spacial score (nSPS) is 22.2. The third-order valence-corrected chi connectivity index (χ3v) is 11.8. The molecule has 13 nitrogen and oxygen atoms in total. The van der Waals surface area contributed by atoms with E-state index in [9.17, 15) is 44.6 Å². The minimum Gasteiger partial charge on any atom is -0.462 e. The molecule has 6 unspecified atom stereocenters. The van der Waals surface area contributed by atoms with Gasteiger partial charge in [0.2, 0.25) is 0 Å². The number of hydrogen-bond donors (Lipinski definition) is 6. The SMILES string of the molecule is CC/C=C\C/C=C\C/C=C\C/C=C\CCCCCCCCCCC(=O)OC(COC(=O)CCCCCCC/C=C\CCCCCC)COP(=O)(O)OC1C(O)C(O)C(O)C(O)C1O. The van der Waals surface area contributed by atoms with Crippen molar-refractivity contribution in [1.29, 1.82) is 0 Å². The van der Waals surface area contributed by atoms with Crippen molar-refractivity contribution in [1.82, 2.24) is 0 Å². The average molecular weight is 913 g/mol. The molecule has 14 heteroatoms. The lowest BCUT2D eigenvalue weighted by Crippen LogP contribution is -2.64. The summed E-state index contributed by atoms with van der Waals surface area (Å²) in [5, 5.41) is 50.2. The first-order valence-electron chi connectivity index (χ1n) is 24.1. The summed E-state index contributed by atoms with van der Waals surface area (Å²) < 4.78 is 33.5. The fraction of sp³-hybridized carbons (Fsp3) is 0.755. The largest absolute Gasteiger partial charge is 0.472 e. The quantitative estimate of drug-likeness (QED) is 0.0147. The van der Waals surface area contributed by atoms with Gasteiger partial charge in [-0.1, -0.05) is 152 Å². The van der Waals surface area contributed by atoms with Gasteiger partial charge >= 0.3 is 19.8 Å². The highest BCUT2D eigenvalue weighted by Gasteiger charge is 2.51. The predicted molar refractivity (Wildman–Crippen MR) is 249 cm³/mol. The molecule has 0 saturated heterocycles. The van der Waals surface area contributed by atoms with Crippen LogP contribution >= 0.6 is 7.82 Å². The Bertz CT molecular complexity index is 1330. The summed E-state index contributed by atoms with van der Waals surface area (Å²) in [4.78, 5) is 35.7. The number of aliphatic hydroxyl groups is 5. The number of phosphoric acid groups is 1. The number of carbonyl (C=O) groups excluding carboxylic acids is 2. The number of hydrogen-bond acceptors (Lipinski definition) is 12. The number of unbranched alkanes of at least 4 members (excludes halogenated alkanes) is 17. The smallest absolute Gasteiger partial charge is 0.462 e. The Balaban J connectivity index is 2.43. The standard InChI is InChI=1S/C49H85O13P/c1-3-5-7-9-11-13-15-17-18-19-20-21-22-23-24-26-28-30-32-34-36-38-43(51)61-41(40-60-63(57,58)62-49-47(55)45(53)44(52)46(54)48(49)56)39-59-42(50)37-35-33-31-29-27-25-16-14-12-10-8-6-4-2/h5,7,11,13-14,16-18,20-21,41,44-49,52-56H,3-4,6,8-10,12,15,19,22-40H2,1-2H3,(H,57,58)/b7-5-,13-11-,16-14-,18-17-,21-20-. The van der Waals surface area contributed by atoms with Gasteiger partial charge in [0.15, 0.2) is 6.10 Å². The lowest BCUT2D eigenvalue weighted by atomic mass is 9.85. The van der Waals surface area contributed by atoms with Crippen molar-refractivity contribution in [2.75, 3.05) is 13.2 Å². The van der Waals surface area contributed by atoms with Gasteiger partial charge in [-0.15, -0.1) is 0 Å². The summed E-state index contributed by atoms with van der Waals surface area (Å²) >= 11 is 0. The van der Waals surface area contributed by atoms with Crippen LogP contribution in [0.2, 0.25) is 0 Å². The molecule has 0 amide bonds. The van der Waals surface area contributed by atoms with Crippen LogP contribution < -0.4 is 0 Å². The topological polar surface area (TPSA) is 210 Å². The first kappa shape index (κ1) is 58.6. The number of rotatable bonds is 39.